The molecule has 0 aliphatic heterocycles. The Bertz CT molecular complexity index is 412. The highest BCUT2D eigenvalue weighted by Gasteiger charge is 2.35. The average molecular weight is 260 g/mol. The Balaban J connectivity index is 1.83. The number of rotatable bonds is 6. The summed E-state index contributed by atoms with van der Waals surface area (Å²) in [7, 11) is 0. The first-order valence-electron chi connectivity index (χ1n) is 7.23. The van der Waals surface area contributed by atoms with Gasteiger partial charge in [0.05, 0.1) is 0 Å². The smallest absolute Gasteiger partial charge is 0.224 e. The number of benzene rings is 1. The van der Waals surface area contributed by atoms with Crippen LogP contribution in [0.5, 0.6) is 0 Å². The second-order valence-corrected chi connectivity index (χ2v) is 5.60. The summed E-state index contributed by atoms with van der Waals surface area (Å²) in [6, 6.07) is 10.3. The molecule has 1 saturated carbocycles. The molecule has 19 heavy (non-hydrogen) atoms. The van der Waals surface area contributed by atoms with Crippen molar-refractivity contribution in [1.29, 1.82) is 0 Å². The molecule has 0 bridgehead atoms. The summed E-state index contributed by atoms with van der Waals surface area (Å²) in [6.07, 6.45) is 4.58. The Morgan fingerprint density at radius 3 is 2.53 bits per heavy atom. The van der Waals surface area contributed by atoms with Crippen molar-refractivity contribution in [2.45, 2.75) is 44.6 Å². The van der Waals surface area contributed by atoms with Crippen LogP contribution in [0.2, 0.25) is 0 Å². The summed E-state index contributed by atoms with van der Waals surface area (Å²) >= 11 is 0. The van der Waals surface area contributed by atoms with Gasteiger partial charge >= 0.3 is 0 Å². The van der Waals surface area contributed by atoms with Gasteiger partial charge in [-0.05, 0) is 38.2 Å². The quantitative estimate of drug-likeness (QED) is 0.853. The highest BCUT2D eigenvalue weighted by Crippen LogP contribution is 2.32. The van der Waals surface area contributed by atoms with Gasteiger partial charge < -0.3 is 10.6 Å². The molecule has 1 fully saturated rings. The Labute approximate surface area is 115 Å². The van der Waals surface area contributed by atoms with Gasteiger partial charge in [0.25, 0.3) is 0 Å². The van der Waals surface area contributed by atoms with Crippen LogP contribution in [0.3, 0.4) is 0 Å². The van der Waals surface area contributed by atoms with Gasteiger partial charge in [0.1, 0.15) is 0 Å². The van der Waals surface area contributed by atoms with E-state index in [9.17, 15) is 4.79 Å². The van der Waals surface area contributed by atoms with Crippen LogP contribution in [0.1, 0.15) is 38.2 Å². The lowest BCUT2D eigenvalue weighted by molar-refractivity contribution is -0.133. The third kappa shape index (κ3) is 3.80. The largest absolute Gasteiger partial charge is 0.343 e. The minimum Gasteiger partial charge on any atom is -0.343 e. The third-order valence-corrected chi connectivity index (χ3v) is 4.10. The van der Waals surface area contributed by atoms with Crippen molar-refractivity contribution in [3.63, 3.8) is 0 Å². The maximum Gasteiger partial charge on any atom is 0.224 e. The van der Waals surface area contributed by atoms with Crippen molar-refractivity contribution in [3.05, 3.63) is 35.9 Å². The normalized spacial score (nSPS) is 16.7. The van der Waals surface area contributed by atoms with Crippen molar-refractivity contribution >= 4 is 5.91 Å². The fourth-order valence-electron chi connectivity index (χ4n) is 2.59. The number of nitrogens with zero attached hydrogens (tertiary/aromatic N) is 1. The molecule has 1 amide bonds. The first-order valence-corrected chi connectivity index (χ1v) is 7.23. The van der Waals surface area contributed by atoms with Crippen molar-refractivity contribution in [2.75, 3.05) is 13.1 Å². The SMILES string of the molecule is CCN(CCc1ccccc1)C(=O)CC1(N)CCC1. The van der Waals surface area contributed by atoms with Gasteiger partial charge in [-0.3, -0.25) is 4.79 Å². The molecule has 1 aliphatic rings. The lowest BCUT2D eigenvalue weighted by Crippen LogP contribution is -2.50. The molecule has 1 aromatic carbocycles. The number of amides is 1. The fourth-order valence-corrected chi connectivity index (χ4v) is 2.59. The number of hydrogen-bond donors (Lipinski definition) is 1. The fraction of sp³-hybridized carbons (Fsp3) is 0.562. The predicted octanol–water partition coefficient (Wildman–Crippen LogP) is 2.35. The average Bonchev–Trinajstić information content (AvgIpc) is 2.39. The summed E-state index contributed by atoms with van der Waals surface area (Å²) in [5.41, 5.74) is 7.22. The highest BCUT2D eigenvalue weighted by atomic mass is 16.2. The summed E-state index contributed by atoms with van der Waals surface area (Å²) in [4.78, 5) is 14.2. The van der Waals surface area contributed by atoms with E-state index in [1.165, 1.54) is 12.0 Å². The van der Waals surface area contributed by atoms with Gasteiger partial charge in [0.2, 0.25) is 5.91 Å². The molecule has 3 heteroatoms. The van der Waals surface area contributed by atoms with Crippen LogP contribution < -0.4 is 5.73 Å². The lowest BCUT2D eigenvalue weighted by atomic mass is 9.75. The van der Waals surface area contributed by atoms with Crippen LogP contribution in [0, 0.1) is 0 Å². The van der Waals surface area contributed by atoms with Gasteiger partial charge in [0, 0.05) is 25.0 Å². The summed E-state index contributed by atoms with van der Waals surface area (Å²) < 4.78 is 0. The molecule has 0 radical (unpaired) electrons. The third-order valence-electron chi connectivity index (χ3n) is 4.10. The van der Waals surface area contributed by atoms with Gasteiger partial charge in [-0.1, -0.05) is 30.3 Å². The number of nitrogens with two attached hydrogens (primary N) is 1. The monoisotopic (exact) mass is 260 g/mol. The van der Waals surface area contributed by atoms with E-state index in [1.54, 1.807) is 0 Å². The first-order chi connectivity index (χ1) is 9.13. The van der Waals surface area contributed by atoms with Gasteiger partial charge in [-0.15, -0.1) is 0 Å². The van der Waals surface area contributed by atoms with Crippen LogP contribution in [-0.2, 0) is 11.2 Å². The predicted molar refractivity (Wildman–Crippen MR) is 77.8 cm³/mol. The van der Waals surface area contributed by atoms with E-state index < -0.39 is 0 Å². The molecule has 0 spiro atoms. The molecule has 104 valence electrons. The zero-order valence-electron chi connectivity index (χ0n) is 11.8. The Morgan fingerprint density at radius 1 is 1.32 bits per heavy atom. The van der Waals surface area contributed by atoms with Crippen molar-refractivity contribution in [2.24, 2.45) is 5.73 Å². The maximum absolute atomic E-state index is 12.2. The van der Waals surface area contributed by atoms with Crippen LogP contribution in [0.15, 0.2) is 30.3 Å². The van der Waals surface area contributed by atoms with E-state index >= 15 is 0 Å². The minimum atomic E-state index is -0.211. The van der Waals surface area contributed by atoms with E-state index in [0.29, 0.717) is 6.42 Å². The zero-order valence-corrected chi connectivity index (χ0v) is 11.8. The second-order valence-electron chi connectivity index (χ2n) is 5.60. The van der Waals surface area contributed by atoms with E-state index in [0.717, 1.165) is 32.4 Å². The Hall–Kier alpha value is -1.35. The molecule has 0 heterocycles. The van der Waals surface area contributed by atoms with E-state index in [-0.39, 0.29) is 11.4 Å². The zero-order chi connectivity index (χ0) is 13.7. The molecule has 0 unspecified atom stereocenters. The number of hydrogen-bond acceptors (Lipinski definition) is 2. The molecular formula is C16H24N2O. The van der Waals surface area contributed by atoms with Crippen molar-refractivity contribution in [1.82, 2.24) is 4.90 Å². The molecule has 1 aliphatic carbocycles. The van der Waals surface area contributed by atoms with Crippen molar-refractivity contribution < 1.29 is 4.79 Å². The number of carbonyl (C=O) groups excluding carboxylic acids is 1. The van der Waals surface area contributed by atoms with Crippen LogP contribution in [-0.4, -0.2) is 29.4 Å². The topological polar surface area (TPSA) is 46.3 Å². The van der Waals surface area contributed by atoms with E-state index in [2.05, 4.69) is 12.1 Å². The van der Waals surface area contributed by atoms with E-state index in [4.69, 9.17) is 5.73 Å². The lowest BCUT2D eigenvalue weighted by Gasteiger charge is -2.38. The standard InChI is InChI=1S/C16H24N2O/c1-2-18(12-9-14-7-4-3-5-8-14)15(19)13-16(17)10-6-11-16/h3-5,7-8H,2,6,9-13,17H2,1H3. The van der Waals surface area contributed by atoms with Gasteiger partial charge in [-0.2, -0.15) is 0 Å². The summed E-state index contributed by atoms with van der Waals surface area (Å²) in [5, 5.41) is 0. The Morgan fingerprint density at radius 2 is 2.00 bits per heavy atom. The van der Waals surface area contributed by atoms with Gasteiger partial charge in [0.15, 0.2) is 0 Å². The van der Waals surface area contributed by atoms with Crippen molar-refractivity contribution in [3.8, 4) is 0 Å². The molecule has 0 atom stereocenters. The molecule has 0 aromatic heterocycles. The molecule has 3 nitrogen and oxygen atoms in total. The first kappa shape index (κ1) is 14.1. The minimum absolute atomic E-state index is 0.209. The second kappa shape index (κ2) is 6.20. The van der Waals surface area contributed by atoms with Crippen LogP contribution >= 0.6 is 0 Å². The summed E-state index contributed by atoms with van der Waals surface area (Å²) in [6.45, 7) is 3.59. The number of carbonyl (C=O) groups is 1. The van der Waals surface area contributed by atoms with E-state index in [1.807, 2.05) is 30.0 Å². The number of likely N-dealkylation sites (N-methyl/N-ethyl adjacent to an activating group) is 1. The molecule has 0 saturated heterocycles. The van der Waals surface area contributed by atoms with Crippen LogP contribution in [0.4, 0.5) is 0 Å². The Kier molecular flexibility index (Phi) is 4.59. The maximum atomic E-state index is 12.2. The van der Waals surface area contributed by atoms with Gasteiger partial charge in [-0.25, -0.2) is 0 Å². The molecule has 1 aromatic rings. The molecular weight excluding hydrogens is 236 g/mol. The molecule has 2 N–H and O–H groups in total. The molecule has 2 rings (SSSR count). The van der Waals surface area contributed by atoms with Crippen LogP contribution in [0.25, 0.3) is 0 Å². The summed E-state index contributed by atoms with van der Waals surface area (Å²) in [5.74, 6) is 0.209. The highest BCUT2D eigenvalue weighted by molar-refractivity contribution is 5.77.